The number of hydrogen-bond donors (Lipinski definition) is 2. The molecule has 0 aliphatic heterocycles. The second-order valence-electron chi connectivity index (χ2n) is 6.88. The summed E-state index contributed by atoms with van der Waals surface area (Å²) in [5, 5.41) is 4.98. The summed E-state index contributed by atoms with van der Waals surface area (Å²) in [5.41, 5.74) is 1.64. The summed E-state index contributed by atoms with van der Waals surface area (Å²) in [6.45, 7) is 1.66. The number of benzene rings is 3. The fourth-order valence-corrected chi connectivity index (χ4v) is 4.57. The van der Waals surface area contributed by atoms with Crippen LogP contribution in [0.2, 0.25) is 0 Å². The van der Waals surface area contributed by atoms with Crippen molar-refractivity contribution in [3.8, 4) is 5.75 Å². The fraction of sp³-hybridized carbons (Fsp3) is 0.136. The SMILES string of the molecule is Cc1ccc(NC(=O)Nc2ccc(OC(F)(F)F)cc2)cc1S(=O)(=O)Cc1ccccc1. The Bertz CT molecular complexity index is 1200. The molecule has 10 heteroatoms. The number of urea groups is 1. The van der Waals surface area contributed by atoms with E-state index < -0.39 is 28.0 Å². The summed E-state index contributed by atoms with van der Waals surface area (Å²) in [5.74, 6) is -0.605. The highest BCUT2D eigenvalue weighted by atomic mass is 32.2. The number of sulfone groups is 1. The van der Waals surface area contributed by atoms with E-state index in [1.807, 2.05) is 0 Å². The van der Waals surface area contributed by atoms with Crippen LogP contribution >= 0.6 is 0 Å². The Balaban J connectivity index is 1.69. The predicted octanol–water partition coefficient (Wildman–Crippen LogP) is 5.51. The number of rotatable bonds is 6. The molecule has 0 aromatic heterocycles. The number of ether oxygens (including phenoxy) is 1. The Morgan fingerprint density at radius 2 is 1.50 bits per heavy atom. The number of alkyl halides is 3. The number of hydrogen-bond acceptors (Lipinski definition) is 4. The van der Waals surface area contributed by atoms with Crippen molar-refractivity contribution in [1.29, 1.82) is 0 Å². The molecular weight excluding hydrogens is 445 g/mol. The van der Waals surface area contributed by atoms with Crippen molar-refractivity contribution >= 4 is 27.2 Å². The molecule has 3 aromatic rings. The molecule has 0 saturated carbocycles. The van der Waals surface area contributed by atoms with Gasteiger partial charge in [-0.05, 0) is 54.4 Å². The summed E-state index contributed by atoms with van der Waals surface area (Å²) in [6, 6.07) is 17.1. The molecule has 0 heterocycles. The van der Waals surface area contributed by atoms with Crippen LogP contribution in [0.3, 0.4) is 0 Å². The van der Waals surface area contributed by atoms with Crippen LogP contribution in [0, 0.1) is 6.92 Å². The lowest BCUT2D eigenvalue weighted by Crippen LogP contribution is -2.20. The van der Waals surface area contributed by atoms with Gasteiger partial charge in [0.15, 0.2) is 9.84 Å². The molecule has 3 rings (SSSR count). The van der Waals surface area contributed by atoms with Crippen molar-refractivity contribution in [1.82, 2.24) is 0 Å². The van der Waals surface area contributed by atoms with Gasteiger partial charge >= 0.3 is 12.4 Å². The monoisotopic (exact) mass is 464 g/mol. The molecule has 168 valence electrons. The smallest absolute Gasteiger partial charge is 0.406 e. The van der Waals surface area contributed by atoms with Gasteiger partial charge < -0.3 is 15.4 Å². The van der Waals surface area contributed by atoms with Crippen LogP contribution < -0.4 is 15.4 Å². The standard InChI is InChI=1S/C22H19F3N2O4S/c1-15-7-8-18(13-20(15)32(29,30)14-16-5-3-2-4-6-16)27-21(28)26-17-9-11-19(12-10-17)31-22(23,24)25/h2-13H,14H2,1H3,(H2,26,27,28). The molecule has 6 nitrogen and oxygen atoms in total. The fourth-order valence-electron chi connectivity index (χ4n) is 2.92. The van der Waals surface area contributed by atoms with Crippen LogP contribution in [0.25, 0.3) is 0 Å². The third-order valence-electron chi connectivity index (χ3n) is 4.33. The number of carbonyl (C=O) groups is 1. The molecule has 0 saturated heterocycles. The first-order valence-corrected chi connectivity index (χ1v) is 11.0. The molecule has 0 radical (unpaired) electrons. The molecule has 2 N–H and O–H groups in total. The molecular formula is C22H19F3N2O4S. The molecule has 32 heavy (non-hydrogen) atoms. The Kier molecular flexibility index (Phi) is 6.73. The maximum Gasteiger partial charge on any atom is 0.573 e. The predicted molar refractivity (Wildman–Crippen MR) is 114 cm³/mol. The summed E-state index contributed by atoms with van der Waals surface area (Å²) < 4.78 is 66.1. The summed E-state index contributed by atoms with van der Waals surface area (Å²) >= 11 is 0. The maximum absolute atomic E-state index is 12.9. The number of halogens is 3. The minimum Gasteiger partial charge on any atom is -0.406 e. The first-order chi connectivity index (χ1) is 15.0. The second kappa shape index (κ2) is 9.31. The van der Waals surface area contributed by atoms with Crippen LogP contribution in [0.15, 0.2) is 77.7 Å². The van der Waals surface area contributed by atoms with Gasteiger partial charge in [-0.2, -0.15) is 0 Å². The largest absolute Gasteiger partial charge is 0.573 e. The van der Waals surface area contributed by atoms with Gasteiger partial charge in [-0.25, -0.2) is 13.2 Å². The molecule has 3 aromatic carbocycles. The first kappa shape index (κ1) is 23.1. The number of aryl methyl sites for hydroxylation is 1. The van der Waals surface area contributed by atoms with Crippen molar-refractivity contribution in [3.05, 3.63) is 83.9 Å². The summed E-state index contributed by atoms with van der Waals surface area (Å²) in [4.78, 5) is 12.3. The van der Waals surface area contributed by atoms with Crippen LogP contribution in [0.4, 0.5) is 29.3 Å². The van der Waals surface area contributed by atoms with Gasteiger partial charge in [-0.1, -0.05) is 36.4 Å². The third kappa shape index (κ3) is 6.48. The van der Waals surface area contributed by atoms with Gasteiger partial charge in [-0.15, -0.1) is 13.2 Å². The van der Waals surface area contributed by atoms with Crippen molar-refractivity contribution in [2.45, 2.75) is 23.9 Å². The van der Waals surface area contributed by atoms with Gasteiger partial charge in [0.2, 0.25) is 0 Å². The zero-order valence-electron chi connectivity index (χ0n) is 16.8. The summed E-state index contributed by atoms with van der Waals surface area (Å²) in [7, 11) is -3.66. The lowest BCUT2D eigenvalue weighted by Gasteiger charge is -2.13. The Morgan fingerprint density at radius 3 is 2.12 bits per heavy atom. The lowest BCUT2D eigenvalue weighted by molar-refractivity contribution is -0.274. The zero-order chi connectivity index (χ0) is 23.4. The molecule has 0 unspecified atom stereocenters. The van der Waals surface area contributed by atoms with Crippen LogP contribution in [-0.2, 0) is 15.6 Å². The van der Waals surface area contributed by atoms with E-state index in [0.717, 1.165) is 12.1 Å². The maximum atomic E-state index is 12.9. The minimum atomic E-state index is -4.81. The van der Waals surface area contributed by atoms with E-state index >= 15 is 0 Å². The number of carbonyl (C=O) groups excluding carboxylic acids is 1. The number of amides is 2. The Hall–Kier alpha value is -3.53. The molecule has 0 aliphatic rings. The lowest BCUT2D eigenvalue weighted by atomic mass is 10.2. The quantitative estimate of drug-likeness (QED) is 0.504. The molecule has 0 fully saturated rings. The highest BCUT2D eigenvalue weighted by Gasteiger charge is 2.31. The van der Waals surface area contributed by atoms with E-state index in [-0.39, 0.29) is 22.0 Å². The van der Waals surface area contributed by atoms with E-state index in [4.69, 9.17) is 0 Å². The topological polar surface area (TPSA) is 84.5 Å². The number of anilines is 2. The van der Waals surface area contributed by atoms with E-state index in [0.29, 0.717) is 11.1 Å². The highest BCUT2D eigenvalue weighted by molar-refractivity contribution is 7.90. The van der Waals surface area contributed by atoms with Crippen molar-refractivity contribution in [2.24, 2.45) is 0 Å². The third-order valence-corrected chi connectivity index (χ3v) is 6.15. The molecule has 0 aliphatic carbocycles. The second-order valence-corrected chi connectivity index (χ2v) is 8.83. The number of nitrogens with one attached hydrogen (secondary N) is 2. The molecule has 0 spiro atoms. The van der Waals surface area contributed by atoms with Crippen LogP contribution in [-0.4, -0.2) is 20.8 Å². The average Bonchev–Trinajstić information content (AvgIpc) is 2.70. The van der Waals surface area contributed by atoms with E-state index in [1.54, 1.807) is 49.4 Å². The average molecular weight is 464 g/mol. The first-order valence-electron chi connectivity index (χ1n) is 9.33. The van der Waals surface area contributed by atoms with Crippen molar-refractivity contribution < 1.29 is 31.1 Å². The van der Waals surface area contributed by atoms with Crippen LogP contribution in [0.1, 0.15) is 11.1 Å². The normalized spacial score (nSPS) is 11.6. The van der Waals surface area contributed by atoms with E-state index in [2.05, 4.69) is 15.4 Å². The van der Waals surface area contributed by atoms with Gasteiger partial charge in [0.1, 0.15) is 5.75 Å². The van der Waals surface area contributed by atoms with Gasteiger partial charge in [0.05, 0.1) is 10.6 Å². The molecule has 0 atom stereocenters. The minimum absolute atomic E-state index is 0.0906. The molecule has 2 amide bonds. The van der Waals surface area contributed by atoms with Gasteiger partial charge in [0, 0.05) is 11.4 Å². The van der Waals surface area contributed by atoms with E-state index in [9.17, 15) is 26.4 Å². The van der Waals surface area contributed by atoms with E-state index in [1.165, 1.54) is 18.2 Å². The zero-order valence-corrected chi connectivity index (χ0v) is 17.6. The van der Waals surface area contributed by atoms with Gasteiger partial charge in [-0.3, -0.25) is 0 Å². The van der Waals surface area contributed by atoms with Crippen LogP contribution in [0.5, 0.6) is 5.75 Å². The molecule has 0 bridgehead atoms. The Labute approximate surface area is 183 Å². The van der Waals surface area contributed by atoms with Crippen molar-refractivity contribution in [3.63, 3.8) is 0 Å². The Morgan fingerprint density at radius 1 is 0.906 bits per heavy atom. The van der Waals surface area contributed by atoms with Crippen molar-refractivity contribution in [2.75, 3.05) is 10.6 Å². The highest BCUT2D eigenvalue weighted by Crippen LogP contribution is 2.25. The summed E-state index contributed by atoms with van der Waals surface area (Å²) in [6.07, 6.45) is -4.81. The van der Waals surface area contributed by atoms with Gasteiger partial charge in [0.25, 0.3) is 0 Å².